The van der Waals surface area contributed by atoms with Crippen molar-refractivity contribution in [3.63, 3.8) is 0 Å². The Morgan fingerprint density at radius 3 is 0.923 bits per heavy atom. The third kappa shape index (κ3) is 3.57. The highest BCUT2D eigenvalue weighted by Crippen LogP contribution is 2.43. The van der Waals surface area contributed by atoms with Gasteiger partial charge >= 0.3 is 0 Å². The number of benzene rings is 8. The second kappa shape index (κ2) is 10.2. The lowest BCUT2D eigenvalue weighted by molar-refractivity contribution is 1.00. The maximum atomic E-state index is 5.48. The summed E-state index contributed by atoms with van der Waals surface area (Å²) in [5.74, 6) is 1.21. The van der Waals surface area contributed by atoms with Crippen LogP contribution >= 0.6 is 0 Å². The molecule has 0 bridgehead atoms. The summed E-state index contributed by atoms with van der Waals surface area (Å²) in [6.45, 7) is 0. The molecule has 0 aliphatic heterocycles. The lowest BCUT2D eigenvalue weighted by atomic mass is 9.90. The molecule has 0 aliphatic carbocycles. The second-order valence-corrected chi connectivity index (χ2v) is 13.4. The number of nitrogens with zero attached hydrogens (tertiary/aromatic N) is 6. The molecule has 0 spiro atoms. The molecule has 0 radical (unpaired) electrons. The fraction of sp³-hybridized carbons (Fsp3) is 0. The third-order valence-electron chi connectivity index (χ3n) is 10.8. The predicted molar refractivity (Wildman–Crippen MR) is 214 cm³/mol. The fourth-order valence-corrected chi connectivity index (χ4v) is 8.66. The molecule has 0 atom stereocenters. The Bertz CT molecular complexity index is 3140. The van der Waals surface area contributed by atoms with E-state index < -0.39 is 0 Å². The van der Waals surface area contributed by atoms with Gasteiger partial charge in [-0.3, -0.25) is 9.13 Å². The predicted octanol–water partition coefficient (Wildman–Crippen LogP) is 11.2. The Hall–Kier alpha value is -7.18. The number of para-hydroxylation sites is 4. The molecule has 0 aliphatic rings. The van der Waals surface area contributed by atoms with Crippen molar-refractivity contribution in [3.05, 3.63) is 158 Å². The summed E-state index contributed by atoms with van der Waals surface area (Å²) in [7, 11) is 0. The Morgan fingerprint density at radius 2 is 0.577 bits per heavy atom. The van der Waals surface area contributed by atoms with Crippen molar-refractivity contribution in [1.29, 1.82) is 0 Å². The van der Waals surface area contributed by atoms with Crippen LogP contribution in [0.5, 0.6) is 0 Å². The average Bonchev–Trinajstić information content (AvgIpc) is 3.73. The van der Waals surface area contributed by atoms with E-state index in [-0.39, 0.29) is 0 Å². The average molecular weight is 663 g/mol. The summed E-state index contributed by atoms with van der Waals surface area (Å²) in [6.07, 6.45) is 4.01. The van der Waals surface area contributed by atoms with Crippen LogP contribution in [0.15, 0.2) is 158 Å². The molecule has 12 rings (SSSR count). The van der Waals surface area contributed by atoms with Gasteiger partial charge in [-0.1, -0.05) is 121 Å². The molecule has 240 valence electrons. The molecule has 12 aromatic rings. The summed E-state index contributed by atoms with van der Waals surface area (Å²) < 4.78 is 4.35. The minimum Gasteiger partial charge on any atom is -0.278 e. The van der Waals surface area contributed by atoms with Crippen LogP contribution in [0.2, 0.25) is 0 Å². The normalized spacial score (nSPS) is 12.2. The van der Waals surface area contributed by atoms with Gasteiger partial charge in [0.1, 0.15) is 11.0 Å². The molecule has 0 saturated heterocycles. The van der Waals surface area contributed by atoms with Crippen molar-refractivity contribution < 1.29 is 0 Å². The second-order valence-electron chi connectivity index (χ2n) is 13.4. The van der Waals surface area contributed by atoms with Crippen LogP contribution in [0.1, 0.15) is 0 Å². The zero-order chi connectivity index (χ0) is 33.9. The first-order valence-corrected chi connectivity index (χ1v) is 17.5. The number of hydrogen-bond acceptors (Lipinski definition) is 4. The van der Waals surface area contributed by atoms with Crippen LogP contribution in [0.25, 0.3) is 110 Å². The molecule has 0 fully saturated rings. The molecule has 0 unspecified atom stereocenters. The van der Waals surface area contributed by atoms with Gasteiger partial charge in [0.15, 0.2) is 0 Å². The van der Waals surface area contributed by atoms with E-state index in [2.05, 4.69) is 155 Å². The fourth-order valence-electron chi connectivity index (χ4n) is 8.66. The highest BCUT2D eigenvalue weighted by molar-refractivity contribution is 6.38. The van der Waals surface area contributed by atoms with Gasteiger partial charge in [0.25, 0.3) is 0 Å². The lowest BCUT2D eigenvalue weighted by Gasteiger charge is -2.16. The van der Waals surface area contributed by atoms with E-state index in [1.807, 2.05) is 12.4 Å². The van der Waals surface area contributed by atoms with E-state index in [4.69, 9.17) is 19.9 Å². The molecule has 4 heterocycles. The van der Waals surface area contributed by atoms with Crippen molar-refractivity contribution in [2.75, 3.05) is 0 Å². The van der Waals surface area contributed by atoms with E-state index in [1.165, 1.54) is 32.3 Å². The number of fused-ring (bicyclic) bond motifs is 17. The van der Waals surface area contributed by atoms with Gasteiger partial charge in [-0.15, -0.1) is 0 Å². The van der Waals surface area contributed by atoms with Gasteiger partial charge in [0.05, 0.1) is 22.1 Å². The van der Waals surface area contributed by atoms with Crippen molar-refractivity contribution in [1.82, 2.24) is 29.1 Å². The summed E-state index contributed by atoms with van der Waals surface area (Å²) in [5.41, 5.74) is 5.82. The van der Waals surface area contributed by atoms with Crippen LogP contribution in [0.4, 0.5) is 0 Å². The van der Waals surface area contributed by atoms with Crippen LogP contribution in [-0.4, -0.2) is 29.1 Å². The maximum absolute atomic E-state index is 5.48. The van der Waals surface area contributed by atoms with Crippen molar-refractivity contribution in [3.8, 4) is 11.9 Å². The van der Waals surface area contributed by atoms with E-state index in [1.54, 1.807) is 0 Å². The summed E-state index contributed by atoms with van der Waals surface area (Å²) >= 11 is 0. The molecular weight excluding hydrogens is 637 g/mol. The Morgan fingerprint density at radius 1 is 0.288 bits per heavy atom. The largest absolute Gasteiger partial charge is 0.278 e. The lowest BCUT2D eigenvalue weighted by Crippen LogP contribution is -2.04. The highest BCUT2D eigenvalue weighted by atomic mass is 15.2. The summed E-state index contributed by atoms with van der Waals surface area (Å²) in [5, 5.41) is 13.5. The quantitative estimate of drug-likeness (QED) is 0.173. The van der Waals surface area contributed by atoms with Crippen LogP contribution in [0, 0.1) is 0 Å². The van der Waals surface area contributed by atoms with Crippen molar-refractivity contribution in [2.24, 2.45) is 0 Å². The zero-order valence-corrected chi connectivity index (χ0v) is 27.7. The van der Waals surface area contributed by atoms with Crippen molar-refractivity contribution in [2.45, 2.75) is 0 Å². The van der Waals surface area contributed by atoms with E-state index in [9.17, 15) is 0 Å². The molecular formula is C46H26N6. The molecule has 4 aromatic heterocycles. The topological polar surface area (TPSA) is 61.4 Å². The highest BCUT2D eigenvalue weighted by Gasteiger charge is 2.22. The van der Waals surface area contributed by atoms with Gasteiger partial charge in [-0.25, -0.2) is 19.9 Å². The monoisotopic (exact) mass is 662 g/mol. The van der Waals surface area contributed by atoms with Gasteiger partial charge in [0.2, 0.25) is 11.9 Å². The molecule has 0 N–H and O–H groups in total. The van der Waals surface area contributed by atoms with Gasteiger partial charge in [-0.2, -0.15) is 0 Å². The first kappa shape index (κ1) is 27.6. The molecule has 52 heavy (non-hydrogen) atoms. The van der Waals surface area contributed by atoms with Gasteiger partial charge in [-0.05, 0) is 45.8 Å². The van der Waals surface area contributed by atoms with Crippen LogP contribution in [0.3, 0.4) is 0 Å². The standard InChI is InChI=1S/C46H26N6/c1-3-19-33-27(13-1)28-14-2-4-20-34(28)42-36-26-48-46(52-39-23-11-7-17-31(39)32-18-8-12-24-40(32)52)50-44(36)43-35(41(33)42)25-47-45(49-43)51-37-21-9-5-15-29(37)30-16-6-10-22-38(30)51/h1-26H. The molecule has 6 nitrogen and oxygen atoms in total. The van der Waals surface area contributed by atoms with Gasteiger partial charge in [0, 0.05) is 55.5 Å². The maximum Gasteiger partial charge on any atom is 0.235 e. The first-order chi connectivity index (χ1) is 25.8. The van der Waals surface area contributed by atoms with Crippen molar-refractivity contribution >= 4 is 97.7 Å². The van der Waals surface area contributed by atoms with Gasteiger partial charge < -0.3 is 0 Å². The van der Waals surface area contributed by atoms with Crippen LogP contribution < -0.4 is 0 Å². The number of rotatable bonds is 2. The molecule has 0 saturated carbocycles. The van der Waals surface area contributed by atoms with E-state index in [0.717, 1.165) is 65.4 Å². The Kier molecular flexibility index (Phi) is 5.41. The minimum absolute atomic E-state index is 0.604. The van der Waals surface area contributed by atoms with Crippen LogP contribution in [-0.2, 0) is 0 Å². The van der Waals surface area contributed by atoms with E-state index in [0.29, 0.717) is 11.9 Å². The SMILES string of the molecule is c1ccc2c(c1)c1ccccc1c1c3cnc(-n4c5ccccc5c5ccccc54)nc3c3nc(-n4c5ccccc5c5ccccc54)ncc3c21. The molecule has 8 aromatic carbocycles. The number of aromatic nitrogens is 6. The Labute approximate surface area is 295 Å². The zero-order valence-electron chi connectivity index (χ0n) is 27.7. The minimum atomic E-state index is 0.604. The smallest absolute Gasteiger partial charge is 0.235 e. The first-order valence-electron chi connectivity index (χ1n) is 17.5. The number of hydrogen-bond donors (Lipinski definition) is 0. The summed E-state index contributed by atoms with van der Waals surface area (Å²) in [4.78, 5) is 21.3. The summed E-state index contributed by atoms with van der Waals surface area (Å²) in [6, 6.07) is 51.2. The Balaban J connectivity index is 1.28. The van der Waals surface area contributed by atoms with E-state index >= 15 is 0 Å². The molecule has 0 amide bonds. The third-order valence-corrected chi connectivity index (χ3v) is 10.8. The molecule has 6 heteroatoms.